The lowest BCUT2D eigenvalue weighted by Crippen LogP contribution is -2.41. The highest BCUT2D eigenvalue weighted by Gasteiger charge is 2.47. The zero-order valence-electron chi connectivity index (χ0n) is 12.7. The molecule has 0 spiro atoms. The van der Waals surface area contributed by atoms with Gasteiger partial charge in [0.05, 0.1) is 22.7 Å². The molecule has 1 fully saturated rings. The molecule has 2 aliphatic rings. The minimum atomic E-state index is -0.290. The van der Waals surface area contributed by atoms with E-state index in [1.807, 2.05) is 18.2 Å². The SMILES string of the molecule is CN(Cc1ccc(Cl)s1)C(=O)CN1C(=O)C2CC=CCC2C1=O. The fourth-order valence-electron chi connectivity index (χ4n) is 3.04. The summed E-state index contributed by atoms with van der Waals surface area (Å²) < 4.78 is 0.669. The standard InChI is InChI=1S/C16H17ClN2O3S/c1-18(8-10-6-7-13(17)23-10)14(20)9-19-15(21)11-4-2-3-5-12(11)16(19)22/h2-3,6-7,11-12H,4-5,8-9H2,1H3. The van der Waals surface area contributed by atoms with Gasteiger partial charge in [-0.1, -0.05) is 23.8 Å². The summed E-state index contributed by atoms with van der Waals surface area (Å²) in [5, 5.41) is 0. The second-order valence-electron chi connectivity index (χ2n) is 5.87. The maximum Gasteiger partial charge on any atom is 0.242 e. The van der Waals surface area contributed by atoms with Gasteiger partial charge in [-0.3, -0.25) is 19.3 Å². The molecule has 1 aromatic rings. The molecule has 7 heteroatoms. The number of amides is 3. The van der Waals surface area contributed by atoms with Crippen molar-refractivity contribution in [3.8, 4) is 0 Å². The molecule has 2 unspecified atom stereocenters. The van der Waals surface area contributed by atoms with Gasteiger partial charge in [0, 0.05) is 11.9 Å². The summed E-state index contributed by atoms with van der Waals surface area (Å²) in [5.74, 6) is -1.26. The van der Waals surface area contributed by atoms with Gasteiger partial charge < -0.3 is 4.90 Å². The molecule has 2 heterocycles. The lowest BCUT2D eigenvalue weighted by molar-refractivity contribution is -0.146. The lowest BCUT2D eigenvalue weighted by Gasteiger charge is -2.20. The molecule has 0 bridgehead atoms. The van der Waals surface area contributed by atoms with Gasteiger partial charge in [-0.2, -0.15) is 0 Å². The Labute approximate surface area is 143 Å². The van der Waals surface area contributed by atoms with Gasteiger partial charge in [0.1, 0.15) is 6.54 Å². The number of likely N-dealkylation sites (N-methyl/N-ethyl adjacent to an activating group) is 1. The molecular weight excluding hydrogens is 336 g/mol. The molecule has 122 valence electrons. The van der Waals surface area contributed by atoms with Crippen LogP contribution in [0.5, 0.6) is 0 Å². The topological polar surface area (TPSA) is 57.7 Å². The number of fused-ring (bicyclic) bond motifs is 1. The summed E-state index contributed by atoms with van der Waals surface area (Å²) >= 11 is 7.29. The van der Waals surface area contributed by atoms with E-state index in [4.69, 9.17) is 11.6 Å². The maximum atomic E-state index is 12.4. The molecule has 0 N–H and O–H groups in total. The van der Waals surface area contributed by atoms with Gasteiger partial charge in [0.15, 0.2) is 0 Å². The minimum absolute atomic E-state index is 0.180. The van der Waals surface area contributed by atoms with E-state index in [2.05, 4.69) is 0 Å². The Morgan fingerprint density at radius 2 is 1.87 bits per heavy atom. The number of carbonyl (C=O) groups is 3. The maximum absolute atomic E-state index is 12.4. The largest absolute Gasteiger partial charge is 0.339 e. The van der Waals surface area contributed by atoms with Crippen molar-refractivity contribution in [2.45, 2.75) is 19.4 Å². The van der Waals surface area contributed by atoms with Gasteiger partial charge in [-0.15, -0.1) is 11.3 Å². The van der Waals surface area contributed by atoms with Crippen molar-refractivity contribution in [1.29, 1.82) is 0 Å². The van der Waals surface area contributed by atoms with Crippen molar-refractivity contribution in [2.24, 2.45) is 11.8 Å². The Bertz CT molecular complexity index is 659. The smallest absolute Gasteiger partial charge is 0.242 e. The Hall–Kier alpha value is -1.66. The molecule has 5 nitrogen and oxygen atoms in total. The number of carbonyl (C=O) groups excluding carboxylic acids is 3. The number of hydrogen-bond acceptors (Lipinski definition) is 4. The van der Waals surface area contributed by atoms with Crippen molar-refractivity contribution in [3.05, 3.63) is 33.5 Å². The van der Waals surface area contributed by atoms with Crippen LogP contribution in [0.2, 0.25) is 4.34 Å². The number of nitrogens with zero attached hydrogens (tertiary/aromatic N) is 2. The fraction of sp³-hybridized carbons (Fsp3) is 0.438. The van der Waals surface area contributed by atoms with Gasteiger partial charge in [-0.05, 0) is 25.0 Å². The zero-order chi connectivity index (χ0) is 16.6. The zero-order valence-corrected chi connectivity index (χ0v) is 14.3. The summed E-state index contributed by atoms with van der Waals surface area (Å²) in [6.45, 7) is 0.237. The third-order valence-electron chi connectivity index (χ3n) is 4.34. The average molecular weight is 353 g/mol. The summed E-state index contributed by atoms with van der Waals surface area (Å²) in [7, 11) is 1.66. The number of likely N-dealkylation sites (tertiary alicyclic amines) is 1. The van der Waals surface area contributed by atoms with Crippen LogP contribution >= 0.6 is 22.9 Å². The molecular formula is C16H17ClN2O3S. The fourth-order valence-corrected chi connectivity index (χ4v) is 4.18. The molecule has 3 amide bonds. The van der Waals surface area contributed by atoms with Gasteiger partial charge in [0.25, 0.3) is 0 Å². The van der Waals surface area contributed by atoms with Crippen molar-refractivity contribution in [3.63, 3.8) is 0 Å². The molecule has 1 aromatic heterocycles. The minimum Gasteiger partial charge on any atom is -0.339 e. The van der Waals surface area contributed by atoms with E-state index in [0.29, 0.717) is 23.7 Å². The van der Waals surface area contributed by atoms with Gasteiger partial charge in [-0.25, -0.2) is 0 Å². The second-order valence-corrected chi connectivity index (χ2v) is 7.67. The van der Waals surface area contributed by atoms with Crippen LogP contribution in [-0.2, 0) is 20.9 Å². The van der Waals surface area contributed by atoms with E-state index in [0.717, 1.165) is 9.78 Å². The molecule has 0 saturated carbocycles. The van der Waals surface area contributed by atoms with E-state index < -0.39 is 0 Å². The van der Waals surface area contributed by atoms with Crippen molar-refractivity contribution in [1.82, 2.24) is 9.80 Å². The first-order valence-corrected chi connectivity index (χ1v) is 8.65. The van der Waals surface area contributed by atoms with Crippen LogP contribution in [0, 0.1) is 11.8 Å². The molecule has 1 saturated heterocycles. The van der Waals surface area contributed by atoms with E-state index in [1.165, 1.54) is 16.2 Å². The summed E-state index contributed by atoms with van der Waals surface area (Å²) in [4.78, 5) is 40.7. The first-order valence-electron chi connectivity index (χ1n) is 7.45. The normalized spacial score (nSPS) is 23.3. The van der Waals surface area contributed by atoms with Gasteiger partial charge >= 0.3 is 0 Å². The molecule has 0 aromatic carbocycles. The highest BCUT2D eigenvalue weighted by atomic mass is 35.5. The third kappa shape index (κ3) is 3.19. The van der Waals surface area contributed by atoms with Crippen molar-refractivity contribution >= 4 is 40.7 Å². The van der Waals surface area contributed by atoms with Crippen LogP contribution in [0.25, 0.3) is 0 Å². The van der Waals surface area contributed by atoms with Crippen molar-refractivity contribution in [2.75, 3.05) is 13.6 Å². The third-order valence-corrected chi connectivity index (χ3v) is 5.56. The highest BCUT2D eigenvalue weighted by molar-refractivity contribution is 7.16. The van der Waals surface area contributed by atoms with Crippen LogP contribution in [0.1, 0.15) is 17.7 Å². The molecule has 1 aliphatic heterocycles. The molecule has 23 heavy (non-hydrogen) atoms. The molecule has 0 radical (unpaired) electrons. The number of thiophene rings is 1. The molecule has 1 aliphatic carbocycles. The van der Waals surface area contributed by atoms with Crippen LogP contribution in [0.3, 0.4) is 0 Å². The Kier molecular flexibility index (Phi) is 4.55. The number of hydrogen-bond donors (Lipinski definition) is 0. The van der Waals surface area contributed by atoms with Crippen LogP contribution in [0.15, 0.2) is 24.3 Å². The predicted molar refractivity (Wildman–Crippen MR) is 87.9 cm³/mol. The summed E-state index contributed by atoms with van der Waals surface area (Å²) in [6.07, 6.45) is 5.04. The Morgan fingerprint density at radius 1 is 1.26 bits per heavy atom. The van der Waals surface area contributed by atoms with E-state index >= 15 is 0 Å². The Morgan fingerprint density at radius 3 is 2.39 bits per heavy atom. The molecule has 3 rings (SSSR count). The monoisotopic (exact) mass is 352 g/mol. The number of imide groups is 1. The van der Waals surface area contributed by atoms with Crippen LogP contribution < -0.4 is 0 Å². The highest BCUT2D eigenvalue weighted by Crippen LogP contribution is 2.35. The first-order chi connectivity index (χ1) is 11.0. The number of allylic oxidation sites excluding steroid dienone is 2. The van der Waals surface area contributed by atoms with Gasteiger partial charge in [0.2, 0.25) is 17.7 Å². The summed E-state index contributed by atoms with van der Waals surface area (Å²) in [5.41, 5.74) is 0. The summed E-state index contributed by atoms with van der Waals surface area (Å²) in [6, 6.07) is 3.65. The quantitative estimate of drug-likeness (QED) is 0.617. The average Bonchev–Trinajstić information content (AvgIpc) is 3.04. The van der Waals surface area contributed by atoms with E-state index in [-0.39, 0.29) is 36.1 Å². The first kappa shape index (κ1) is 16.2. The number of rotatable bonds is 4. The Balaban J connectivity index is 1.63. The van der Waals surface area contributed by atoms with E-state index in [9.17, 15) is 14.4 Å². The van der Waals surface area contributed by atoms with E-state index in [1.54, 1.807) is 13.1 Å². The van der Waals surface area contributed by atoms with Crippen LogP contribution in [0.4, 0.5) is 0 Å². The second kappa shape index (κ2) is 6.45. The molecule has 2 atom stereocenters. The number of halogens is 1. The lowest BCUT2D eigenvalue weighted by atomic mass is 9.85. The van der Waals surface area contributed by atoms with Crippen LogP contribution in [-0.4, -0.2) is 41.1 Å². The predicted octanol–water partition coefficient (Wildman–Crippen LogP) is 2.31. The van der Waals surface area contributed by atoms with Crippen molar-refractivity contribution < 1.29 is 14.4 Å².